The van der Waals surface area contributed by atoms with Gasteiger partial charge >= 0.3 is 5.97 Å². The van der Waals surface area contributed by atoms with Crippen molar-refractivity contribution in [2.24, 2.45) is 17.2 Å². The van der Waals surface area contributed by atoms with E-state index in [1.807, 2.05) is 0 Å². The number of aliphatic hydroxyl groups excluding tert-OH is 1. The lowest BCUT2D eigenvalue weighted by Crippen LogP contribution is -2.60. The third-order valence-electron chi connectivity index (χ3n) is 5.58. The molecule has 0 spiro atoms. The highest BCUT2D eigenvalue weighted by atomic mass is 16.4. The maximum atomic E-state index is 13.0. The minimum Gasteiger partial charge on any atom is -0.480 e. The van der Waals surface area contributed by atoms with Crippen molar-refractivity contribution in [3.8, 4) is 0 Å². The van der Waals surface area contributed by atoms with Gasteiger partial charge in [0.25, 0.3) is 0 Å². The number of primary amides is 1. The second kappa shape index (κ2) is 16.2. The van der Waals surface area contributed by atoms with E-state index in [1.165, 1.54) is 6.92 Å². The maximum absolute atomic E-state index is 13.0. The van der Waals surface area contributed by atoms with Gasteiger partial charge in [-0.25, -0.2) is 4.79 Å². The van der Waals surface area contributed by atoms with Crippen molar-refractivity contribution in [2.75, 3.05) is 6.54 Å². The van der Waals surface area contributed by atoms with Crippen molar-refractivity contribution in [3.63, 3.8) is 0 Å². The molecular weight excluding hydrogens is 484 g/mol. The predicted molar refractivity (Wildman–Crippen MR) is 135 cm³/mol. The van der Waals surface area contributed by atoms with Gasteiger partial charge in [0.2, 0.25) is 23.6 Å². The molecule has 0 aliphatic rings. The molecule has 11 N–H and O–H groups in total. The first-order valence-corrected chi connectivity index (χ1v) is 12.1. The zero-order valence-corrected chi connectivity index (χ0v) is 20.9. The van der Waals surface area contributed by atoms with Crippen LogP contribution in [0.1, 0.15) is 44.6 Å². The zero-order valence-electron chi connectivity index (χ0n) is 20.9. The largest absolute Gasteiger partial charge is 0.480 e. The molecule has 4 amide bonds. The lowest BCUT2D eigenvalue weighted by Gasteiger charge is -2.26. The van der Waals surface area contributed by atoms with E-state index in [4.69, 9.17) is 17.2 Å². The number of nitrogens with two attached hydrogens (primary N) is 3. The fourth-order valence-corrected chi connectivity index (χ4v) is 3.44. The molecule has 0 heterocycles. The summed E-state index contributed by atoms with van der Waals surface area (Å²) < 4.78 is 0. The first kappa shape index (κ1) is 31.5. The molecule has 13 nitrogen and oxygen atoms in total. The number of carboxylic acids is 1. The van der Waals surface area contributed by atoms with Crippen LogP contribution in [0.5, 0.6) is 0 Å². The Morgan fingerprint density at radius 3 is 2.05 bits per heavy atom. The van der Waals surface area contributed by atoms with Crippen LogP contribution in [0.2, 0.25) is 0 Å². The average Bonchev–Trinajstić information content (AvgIpc) is 2.84. The van der Waals surface area contributed by atoms with Crippen molar-refractivity contribution >= 4 is 29.6 Å². The zero-order chi connectivity index (χ0) is 28.0. The smallest absolute Gasteiger partial charge is 0.326 e. The topological polar surface area (TPSA) is 240 Å². The molecule has 13 heteroatoms. The monoisotopic (exact) mass is 522 g/mol. The van der Waals surface area contributed by atoms with Crippen LogP contribution >= 0.6 is 0 Å². The standard InChI is InChI=1S/C24H38N6O7/c1-14(31)20(30-21(33)16(26)9-5-6-12-25)23(35)29-18(13-15-7-3-2-4-8-15)22(34)28-17(24(36)37)10-11-19(27)32/h2-4,7-8,14,16-18,20,31H,5-6,9-13,25-26H2,1H3,(H2,27,32)(H,28,34)(H,29,35)(H,30,33)(H,36,37). The Morgan fingerprint density at radius 2 is 1.51 bits per heavy atom. The second-order valence-electron chi connectivity index (χ2n) is 8.77. The molecule has 206 valence electrons. The summed E-state index contributed by atoms with van der Waals surface area (Å²) in [5.41, 5.74) is 17.1. The Kier molecular flexibility index (Phi) is 13.8. The Hall–Kier alpha value is -3.55. The van der Waals surface area contributed by atoms with Crippen LogP contribution in [0.4, 0.5) is 0 Å². The van der Waals surface area contributed by atoms with Gasteiger partial charge in [-0.2, -0.15) is 0 Å². The molecule has 37 heavy (non-hydrogen) atoms. The number of aliphatic hydroxyl groups is 1. The summed E-state index contributed by atoms with van der Waals surface area (Å²) >= 11 is 0. The van der Waals surface area contributed by atoms with Crippen LogP contribution in [0.25, 0.3) is 0 Å². The molecule has 1 rings (SSSR count). The summed E-state index contributed by atoms with van der Waals surface area (Å²) in [6.45, 7) is 1.74. The Balaban J connectivity index is 3.04. The van der Waals surface area contributed by atoms with Gasteiger partial charge in [0.15, 0.2) is 0 Å². The number of aliphatic carboxylic acids is 1. The van der Waals surface area contributed by atoms with Crippen LogP contribution in [-0.2, 0) is 30.4 Å². The molecule has 0 fully saturated rings. The van der Waals surface area contributed by atoms with E-state index in [9.17, 15) is 34.2 Å². The minimum absolute atomic E-state index is 0.0142. The van der Waals surface area contributed by atoms with E-state index in [0.29, 0.717) is 31.4 Å². The summed E-state index contributed by atoms with van der Waals surface area (Å²) in [4.78, 5) is 61.2. The number of rotatable bonds is 17. The van der Waals surface area contributed by atoms with Crippen molar-refractivity contribution in [1.29, 1.82) is 0 Å². The highest BCUT2D eigenvalue weighted by Crippen LogP contribution is 2.07. The number of nitrogens with one attached hydrogen (secondary N) is 3. The van der Waals surface area contributed by atoms with Crippen LogP contribution in [-0.4, -0.2) is 76.6 Å². The molecule has 0 saturated heterocycles. The molecular formula is C24H38N6O7. The number of carbonyl (C=O) groups excluding carboxylic acids is 4. The lowest BCUT2D eigenvalue weighted by molar-refractivity contribution is -0.142. The van der Waals surface area contributed by atoms with Crippen molar-refractivity contribution in [3.05, 3.63) is 35.9 Å². The van der Waals surface area contributed by atoms with Gasteiger partial charge in [-0.3, -0.25) is 19.2 Å². The average molecular weight is 523 g/mol. The summed E-state index contributed by atoms with van der Waals surface area (Å²) in [6, 6.07) is 3.60. The third kappa shape index (κ3) is 11.8. The van der Waals surface area contributed by atoms with Crippen LogP contribution in [0.15, 0.2) is 30.3 Å². The number of hydrogen-bond acceptors (Lipinski definition) is 8. The molecule has 1 aromatic carbocycles. The van der Waals surface area contributed by atoms with E-state index in [0.717, 1.165) is 0 Å². The van der Waals surface area contributed by atoms with Gasteiger partial charge in [0.05, 0.1) is 12.1 Å². The van der Waals surface area contributed by atoms with Gasteiger partial charge < -0.3 is 43.4 Å². The van der Waals surface area contributed by atoms with Gasteiger partial charge in [0.1, 0.15) is 18.1 Å². The Morgan fingerprint density at radius 1 is 0.892 bits per heavy atom. The van der Waals surface area contributed by atoms with E-state index in [1.54, 1.807) is 30.3 Å². The fourth-order valence-electron chi connectivity index (χ4n) is 3.44. The molecule has 0 aromatic heterocycles. The van der Waals surface area contributed by atoms with E-state index >= 15 is 0 Å². The summed E-state index contributed by atoms with van der Waals surface area (Å²) in [5.74, 6) is -4.45. The van der Waals surface area contributed by atoms with Crippen LogP contribution < -0.4 is 33.2 Å². The molecule has 0 saturated carbocycles. The normalized spacial score (nSPS) is 14.9. The summed E-state index contributed by atoms with van der Waals surface area (Å²) in [7, 11) is 0. The van der Waals surface area contributed by atoms with Gasteiger partial charge in [-0.1, -0.05) is 36.8 Å². The SMILES string of the molecule is CC(O)C(NC(=O)C(N)CCCCN)C(=O)NC(Cc1ccccc1)C(=O)NC(CCC(N)=O)C(=O)O. The molecule has 0 aliphatic heterocycles. The predicted octanol–water partition coefficient (Wildman–Crippen LogP) is -2.13. The molecule has 0 radical (unpaired) electrons. The van der Waals surface area contributed by atoms with Crippen molar-refractivity contribution < 1.29 is 34.2 Å². The maximum Gasteiger partial charge on any atom is 0.326 e. The molecule has 5 unspecified atom stereocenters. The molecule has 5 atom stereocenters. The Labute approximate surface area is 215 Å². The fraction of sp³-hybridized carbons (Fsp3) is 0.542. The summed E-state index contributed by atoms with van der Waals surface area (Å²) in [5, 5.41) is 26.8. The van der Waals surface area contributed by atoms with Gasteiger partial charge in [-0.05, 0) is 38.3 Å². The number of hydrogen-bond donors (Lipinski definition) is 8. The highest BCUT2D eigenvalue weighted by Gasteiger charge is 2.32. The highest BCUT2D eigenvalue weighted by molar-refractivity contribution is 5.94. The molecule has 1 aromatic rings. The first-order valence-electron chi connectivity index (χ1n) is 12.1. The van der Waals surface area contributed by atoms with Crippen LogP contribution in [0, 0.1) is 0 Å². The van der Waals surface area contributed by atoms with Crippen molar-refractivity contribution in [2.45, 2.75) is 75.7 Å². The number of carbonyl (C=O) groups is 5. The first-order chi connectivity index (χ1) is 17.5. The molecule has 0 aliphatic carbocycles. The van der Waals surface area contributed by atoms with Gasteiger partial charge in [-0.15, -0.1) is 0 Å². The third-order valence-corrected chi connectivity index (χ3v) is 5.58. The Bertz CT molecular complexity index is 912. The number of amides is 4. The molecule has 0 bridgehead atoms. The minimum atomic E-state index is -1.43. The summed E-state index contributed by atoms with van der Waals surface area (Å²) in [6.07, 6.45) is -0.239. The quantitative estimate of drug-likeness (QED) is 0.104. The second-order valence-corrected chi connectivity index (χ2v) is 8.77. The lowest BCUT2D eigenvalue weighted by atomic mass is 10.0. The van der Waals surface area contributed by atoms with E-state index in [-0.39, 0.29) is 19.3 Å². The van der Waals surface area contributed by atoms with E-state index < -0.39 is 59.9 Å². The van der Waals surface area contributed by atoms with Gasteiger partial charge in [0, 0.05) is 12.8 Å². The number of benzene rings is 1. The number of carboxylic acid groups (broad SMARTS) is 1. The van der Waals surface area contributed by atoms with E-state index in [2.05, 4.69) is 16.0 Å². The number of unbranched alkanes of at least 4 members (excludes halogenated alkanes) is 1. The van der Waals surface area contributed by atoms with Crippen LogP contribution in [0.3, 0.4) is 0 Å². The van der Waals surface area contributed by atoms with Crippen molar-refractivity contribution in [1.82, 2.24) is 16.0 Å².